The maximum Gasteiger partial charge on any atom is 0.238 e. The third-order valence-corrected chi connectivity index (χ3v) is 5.62. The second-order valence-electron chi connectivity index (χ2n) is 7.96. The highest BCUT2D eigenvalue weighted by atomic mass is 16.5. The molecule has 2 aromatic rings. The van der Waals surface area contributed by atoms with E-state index in [1.165, 1.54) is 4.90 Å². The molecule has 28 heavy (non-hydrogen) atoms. The molecule has 1 aliphatic carbocycles. The number of hydrogen-bond acceptors (Lipinski definition) is 3. The third-order valence-electron chi connectivity index (χ3n) is 5.62. The molecule has 2 aromatic carbocycles. The number of allylic oxidation sites excluding steroid dienone is 2. The lowest BCUT2D eigenvalue weighted by Gasteiger charge is -2.17. The predicted molar refractivity (Wildman–Crippen MR) is 110 cm³/mol. The molecule has 2 atom stereocenters. The SMILES string of the molecule is Cc1ccc(C(C)C)c(Oc2ccc(N3C(=O)[C@@H]4CC=CC[C@H]4C3=O)cc2)c1. The highest BCUT2D eigenvalue weighted by Crippen LogP contribution is 2.38. The van der Waals surface area contributed by atoms with E-state index in [1.54, 1.807) is 12.1 Å². The predicted octanol–water partition coefficient (Wildman–Crippen LogP) is 5.37. The fourth-order valence-electron chi connectivity index (χ4n) is 4.05. The summed E-state index contributed by atoms with van der Waals surface area (Å²) in [5.74, 6) is 1.28. The summed E-state index contributed by atoms with van der Waals surface area (Å²) in [7, 11) is 0. The van der Waals surface area contributed by atoms with E-state index in [-0.39, 0.29) is 23.7 Å². The van der Waals surface area contributed by atoms with Gasteiger partial charge in [0, 0.05) is 0 Å². The minimum absolute atomic E-state index is 0.0891. The van der Waals surface area contributed by atoms with Gasteiger partial charge in [-0.3, -0.25) is 14.5 Å². The van der Waals surface area contributed by atoms with Crippen LogP contribution in [-0.4, -0.2) is 11.8 Å². The van der Waals surface area contributed by atoms with Crippen LogP contribution in [0.3, 0.4) is 0 Å². The minimum atomic E-state index is -0.214. The molecule has 1 saturated heterocycles. The molecule has 0 spiro atoms. The summed E-state index contributed by atoms with van der Waals surface area (Å²) in [6, 6.07) is 13.5. The van der Waals surface area contributed by atoms with Crippen LogP contribution in [0.15, 0.2) is 54.6 Å². The third kappa shape index (κ3) is 3.24. The molecule has 0 saturated carbocycles. The van der Waals surface area contributed by atoms with Crippen LogP contribution in [0.4, 0.5) is 5.69 Å². The van der Waals surface area contributed by atoms with Crippen LogP contribution >= 0.6 is 0 Å². The number of hydrogen-bond donors (Lipinski definition) is 0. The lowest BCUT2D eigenvalue weighted by Crippen LogP contribution is -2.30. The number of carbonyl (C=O) groups excluding carboxylic acids is 2. The van der Waals surface area contributed by atoms with Gasteiger partial charge in [-0.1, -0.05) is 38.1 Å². The molecule has 1 fully saturated rings. The van der Waals surface area contributed by atoms with Crippen LogP contribution in [0, 0.1) is 18.8 Å². The topological polar surface area (TPSA) is 46.6 Å². The van der Waals surface area contributed by atoms with Crippen LogP contribution in [0.1, 0.15) is 43.7 Å². The Balaban J connectivity index is 1.56. The van der Waals surface area contributed by atoms with E-state index in [4.69, 9.17) is 4.74 Å². The van der Waals surface area contributed by atoms with Gasteiger partial charge in [0.2, 0.25) is 11.8 Å². The van der Waals surface area contributed by atoms with Crippen molar-refractivity contribution in [3.8, 4) is 11.5 Å². The van der Waals surface area contributed by atoms with E-state index in [2.05, 4.69) is 26.0 Å². The maximum absolute atomic E-state index is 12.7. The first-order chi connectivity index (χ1) is 13.5. The Morgan fingerprint density at radius 3 is 2.11 bits per heavy atom. The van der Waals surface area contributed by atoms with Gasteiger partial charge in [0.1, 0.15) is 11.5 Å². The molecule has 2 amide bonds. The standard InChI is InChI=1S/C24H25NO3/c1-15(2)19-13-8-16(3)14-22(19)28-18-11-9-17(10-12-18)25-23(26)20-6-4-5-7-21(20)24(25)27/h4-5,8-15,20-21H,6-7H2,1-3H3/t20-,21-/m1/s1. The van der Waals surface area contributed by atoms with Crippen molar-refractivity contribution in [2.75, 3.05) is 4.90 Å². The molecule has 1 aliphatic heterocycles. The van der Waals surface area contributed by atoms with Crippen molar-refractivity contribution in [2.24, 2.45) is 11.8 Å². The zero-order valence-electron chi connectivity index (χ0n) is 16.5. The summed E-state index contributed by atoms with van der Waals surface area (Å²) in [6.07, 6.45) is 5.30. The molecule has 4 nitrogen and oxygen atoms in total. The van der Waals surface area contributed by atoms with Crippen molar-refractivity contribution in [1.29, 1.82) is 0 Å². The van der Waals surface area contributed by atoms with Gasteiger partial charge in [-0.2, -0.15) is 0 Å². The summed E-state index contributed by atoms with van der Waals surface area (Å²) >= 11 is 0. The Morgan fingerprint density at radius 1 is 0.929 bits per heavy atom. The fraction of sp³-hybridized carbons (Fsp3) is 0.333. The van der Waals surface area contributed by atoms with Gasteiger partial charge in [-0.05, 0) is 67.1 Å². The fourth-order valence-corrected chi connectivity index (χ4v) is 4.05. The minimum Gasteiger partial charge on any atom is -0.457 e. The number of nitrogens with zero attached hydrogens (tertiary/aromatic N) is 1. The number of anilines is 1. The van der Waals surface area contributed by atoms with E-state index in [0.717, 1.165) is 16.9 Å². The maximum atomic E-state index is 12.7. The van der Waals surface area contributed by atoms with Crippen molar-refractivity contribution < 1.29 is 14.3 Å². The zero-order valence-corrected chi connectivity index (χ0v) is 16.5. The normalized spacial score (nSPS) is 21.4. The summed E-state index contributed by atoms with van der Waals surface area (Å²) in [5.41, 5.74) is 2.90. The zero-order chi connectivity index (χ0) is 19.8. The van der Waals surface area contributed by atoms with E-state index in [9.17, 15) is 9.59 Å². The van der Waals surface area contributed by atoms with Crippen molar-refractivity contribution >= 4 is 17.5 Å². The van der Waals surface area contributed by atoms with E-state index in [0.29, 0.717) is 30.2 Å². The molecule has 0 bridgehead atoms. The number of rotatable bonds is 4. The van der Waals surface area contributed by atoms with Gasteiger partial charge in [0.25, 0.3) is 0 Å². The van der Waals surface area contributed by atoms with Gasteiger partial charge in [-0.25, -0.2) is 0 Å². The average Bonchev–Trinajstić information content (AvgIpc) is 2.93. The van der Waals surface area contributed by atoms with Crippen LogP contribution in [0.2, 0.25) is 0 Å². The quantitative estimate of drug-likeness (QED) is 0.533. The molecule has 4 heteroatoms. The highest BCUT2D eigenvalue weighted by molar-refractivity contribution is 6.22. The first-order valence-corrected chi connectivity index (χ1v) is 9.87. The lowest BCUT2D eigenvalue weighted by molar-refractivity contribution is -0.122. The molecular weight excluding hydrogens is 350 g/mol. The first kappa shape index (κ1) is 18.5. The molecule has 4 rings (SSSR count). The molecule has 144 valence electrons. The van der Waals surface area contributed by atoms with Crippen LogP contribution in [0.25, 0.3) is 0 Å². The molecule has 2 aliphatic rings. The van der Waals surface area contributed by atoms with E-state index < -0.39 is 0 Å². The van der Waals surface area contributed by atoms with Crippen molar-refractivity contribution in [1.82, 2.24) is 0 Å². The smallest absolute Gasteiger partial charge is 0.238 e. The van der Waals surface area contributed by atoms with Crippen molar-refractivity contribution in [2.45, 2.75) is 39.5 Å². The Morgan fingerprint density at radius 2 is 1.54 bits per heavy atom. The van der Waals surface area contributed by atoms with E-state index in [1.807, 2.05) is 37.3 Å². The molecule has 1 heterocycles. The number of fused-ring (bicyclic) bond motifs is 1. The van der Waals surface area contributed by atoms with Crippen LogP contribution in [0.5, 0.6) is 11.5 Å². The number of imide groups is 1. The molecule has 0 radical (unpaired) electrons. The lowest BCUT2D eigenvalue weighted by atomic mass is 9.85. The van der Waals surface area contributed by atoms with Gasteiger partial charge < -0.3 is 4.74 Å². The summed E-state index contributed by atoms with van der Waals surface area (Å²) in [4.78, 5) is 26.8. The molecule has 0 aromatic heterocycles. The molecule has 0 unspecified atom stereocenters. The number of ether oxygens (including phenoxy) is 1. The van der Waals surface area contributed by atoms with Crippen LogP contribution < -0.4 is 9.64 Å². The second kappa shape index (κ2) is 7.27. The number of aryl methyl sites for hydroxylation is 1. The Kier molecular flexibility index (Phi) is 4.80. The van der Waals surface area contributed by atoms with Crippen molar-refractivity contribution in [3.05, 3.63) is 65.7 Å². The Labute approximate surface area is 165 Å². The van der Waals surface area contributed by atoms with Gasteiger partial charge in [0.15, 0.2) is 0 Å². The number of amides is 2. The highest BCUT2D eigenvalue weighted by Gasteiger charge is 2.47. The molecule has 0 N–H and O–H groups in total. The summed E-state index contributed by atoms with van der Waals surface area (Å²) < 4.78 is 6.12. The molecular formula is C24H25NO3. The summed E-state index contributed by atoms with van der Waals surface area (Å²) in [6.45, 7) is 6.32. The Bertz CT molecular complexity index is 917. The Hall–Kier alpha value is -2.88. The van der Waals surface area contributed by atoms with Gasteiger partial charge >= 0.3 is 0 Å². The largest absolute Gasteiger partial charge is 0.457 e. The number of benzene rings is 2. The first-order valence-electron chi connectivity index (χ1n) is 9.87. The van der Waals surface area contributed by atoms with Crippen LogP contribution in [-0.2, 0) is 9.59 Å². The monoisotopic (exact) mass is 375 g/mol. The number of carbonyl (C=O) groups is 2. The average molecular weight is 375 g/mol. The van der Waals surface area contributed by atoms with E-state index >= 15 is 0 Å². The second-order valence-corrected chi connectivity index (χ2v) is 7.96. The van der Waals surface area contributed by atoms with Gasteiger partial charge in [0.05, 0.1) is 17.5 Å². The van der Waals surface area contributed by atoms with Crippen molar-refractivity contribution in [3.63, 3.8) is 0 Å². The van der Waals surface area contributed by atoms with Gasteiger partial charge in [-0.15, -0.1) is 0 Å². The summed E-state index contributed by atoms with van der Waals surface area (Å²) in [5, 5.41) is 0.